The Kier molecular flexibility index (Phi) is 4.42. The summed E-state index contributed by atoms with van der Waals surface area (Å²) in [7, 11) is 0. The Balaban J connectivity index is 2.47. The SMILES string of the molecule is O=[N+]([O-])c1ccc(Cl)cc1Oc1cccc(F)c1CCl. The van der Waals surface area contributed by atoms with Crippen molar-refractivity contribution >= 4 is 28.9 Å². The van der Waals surface area contributed by atoms with E-state index in [9.17, 15) is 14.5 Å². The summed E-state index contributed by atoms with van der Waals surface area (Å²) in [4.78, 5) is 10.3. The van der Waals surface area contributed by atoms with E-state index in [-0.39, 0.29) is 33.7 Å². The van der Waals surface area contributed by atoms with Gasteiger partial charge in [0.2, 0.25) is 5.75 Å². The lowest BCUT2D eigenvalue weighted by Gasteiger charge is -2.10. The number of hydrogen-bond donors (Lipinski definition) is 0. The maximum absolute atomic E-state index is 13.6. The van der Waals surface area contributed by atoms with Crippen LogP contribution in [-0.2, 0) is 5.88 Å². The Labute approximate surface area is 123 Å². The molecule has 0 radical (unpaired) electrons. The molecular formula is C13H8Cl2FNO3. The molecule has 0 saturated carbocycles. The van der Waals surface area contributed by atoms with E-state index in [2.05, 4.69) is 0 Å². The maximum atomic E-state index is 13.6. The second kappa shape index (κ2) is 6.07. The number of benzene rings is 2. The van der Waals surface area contributed by atoms with Gasteiger partial charge in [0, 0.05) is 22.7 Å². The first-order valence-electron chi connectivity index (χ1n) is 5.48. The van der Waals surface area contributed by atoms with Gasteiger partial charge in [0.15, 0.2) is 0 Å². The predicted octanol–water partition coefficient (Wildman–Crippen LogP) is 4.92. The molecule has 0 aliphatic carbocycles. The van der Waals surface area contributed by atoms with Gasteiger partial charge in [0.25, 0.3) is 0 Å². The molecule has 0 bridgehead atoms. The highest BCUT2D eigenvalue weighted by Crippen LogP contribution is 2.35. The Morgan fingerprint density at radius 3 is 2.65 bits per heavy atom. The molecule has 2 rings (SSSR count). The summed E-state index contributed by atoms with van der Waals surface area (Å²) in [6, 6.07) is 8.03. The first-order chi connectivity index (χ1) is 9.52. The summed E-state index contributed by atoms with van der Waals surface area (Å²) < 4.78 is 19.0. The minimum absolute atomic E-state index is 0.0699. The molecule has 0 saturated heterocycles. The molecule has 0 N–H and O–H groups in total. The standard InChI is InChI=1S/C13H8Cl2FNO3/c14-7-9-10(16)2-1-3-12(9)20-13-6-8(15)4-5-11(13)17(18)19/h1-6H,7H2. The van der Waals surface area contributed by atoms with Crippen LogP contribution in [0, 0.1) is 15.9 Å². The third-order valence-electron chi connectivity index (χ3n) is 2.55. The van der Waals surface area contributed by atoms with Crippen LogP contribution in [0.15, 0.2) is 36.4 Å². The van der Waals surface area contributed by atoms with Crippen LogP contribution in [0.3, 0.4) is 0 Å². The van der Waals surface area contributed by atoms with Crippen LogP contribution in [0.2, 0.25) is 5.02 Å². The molecule has 0 spiro atoms. The van der Waals surface area contributed by atoms with Gasteiger partial charge in [0.05, 0.1) is 10.8 Å². The van der Waals surface area contributed by atoms with Crippen LogP contribution in [0.5, 0.6) is 11.5 Å². The molecule has 0 atom stereocenters. The van der Waals surface area contributed by atoms with E-state index in [4.69, 9.17) is 27.9 Å². The van der Waals surface area contributed by atoms with Crippen LogP contribution in [-0.4, -0.2) is 4.92 Å². The molecule has 104 valence electrons. The fraction of sp³-hybridized carbons (Fsp3) is 0.0769. The van der Waals surface area contributed by atoms with Crippen LogP contribution < -0.4 is 4.74 Å². The van der Waals surface area contributed by atoms with E-state index >= 15 is 0 Å². The van der Waals surface area contributed by atoms with E-state index in [0.717, 1.165) is 0 Å². The van der Waals surface area contributed by atoms with Crippen molar-refractivity contribution in [1.82, 2.24) is 0 Å². The molecule has 20 heavy (non-hydrogen) atoms. The number of hydrogen-bond acceptors (Lipinski definition) is 3. The lowest BCUT2D eigenvalue weighted by Crippen LogP contribution is -1.97. The van der Waals surface area contributed by atoms with Crippen molar-refractivity contribution in [3.63, 3.8) is 0 Å². The van der Waals surface area contributed by atoms with Gasteiger partial charge < -0.3 is 4.74 Å². The zero-order valence-corrected chi connectivity index (χ0v) is 11.5. The average Bonchev–Trinajstić information content (AvgIpc) is 2.38. The summed E-state index contributed by atoms with van der Waals surface area (Å²) >= 11 is 11.4. The molecule has 0 fully saturated rings. The first kappa shape index (κ1) is 14.6. The average molecular weight is 316 g/mol. The van der Waals surface area contributed by atoms with Crippen LogP contribution in [0.4, 0.5) is 10.1 Å². The van der Waals surface area contributed by atoms with Gasteiger partial charge >= 0.3 is 5.69 Å². The van der Waals surface area contributed by atoms with Crippen molar-refractivity contribution in [3.8, 4) is 11.5 Å². The van der Waals surface area contributed by atoms with E-state index in [1.54, 1.807) is 0 Å². The number of nitrogens with zero attached hydrogens (tertiary/aromatic N) is 1. The summed E-state index contributed by atoms with van der Waals surface area (Å²) in [6.07, 6.45) is 0. The third-order valence-corrected chi connectivity index (χ3v) is 3.05. The topological polar surface area (TPSA) is 52.4 Å². The molecule has 0 amide bonds. The molecule has 0 unspecified atom stereocenters. The Morgan fingerprint density at radius 2 is 2.00 bits per heavy atom. The first-order valence-corrected chi connectivity index (χ1v) is 6.39. The van der Waals surface area contributed by atoms with Gasteiger partial charge in [-0.05, 0) is 18.2 Å². The summed E-state index contributed by atoms with van der Waals surface area (Å²) in [6.45, 7) is 0. The van der Waals surface area contributed by atoms with Crippen molar-refractivity contribution in [2.24, 2.45) is 0 Å². The quantitative estimate of drug-likeness (QED) is 0.457. The van der Waals surface area contributed by atoms with Crippen molar-refractivity contribution in [1.29, 1.82) is 0 Å². The fourth-order valence-corrected chi connectivity index (χ4v) is 2.02. The molecule has 0 heterocycles. The van der Waals surface area contributed by atoms with Crippen LogP contribution in [0.1, 0.15) is 5.56 Å². The van der Waals surface area contributed by atoms with Gasteiger partial charge in [-0.1, -0.05) is 17.7 Å². The monoisotopic (exact) mass is 315 g/mol. The van der Waals surface area contributed by atoms with E-state index in [0.29, 0.717) is 0 Å². The summed E-state index contributed by atoms with van der Waals surface area (Å²) in [5.41, 5.74) is -0.136. The highest BCUT2D eigenvalue weighted by molar-refractivity contribution is 6.30. The van der Waals surface area contributed by atoms with Crippen molar-refractivity contribution in [2.75, 3.05) is 0 Å². The Bertz CT molecular complexity index is 664. The molecule has 7 heteroatoms. The van der Waals surface area contributed by atoms with Crippen LogP contribution >= 0.6 is 23.2 Å². The molecule has 0 aliphatic rings. The largest absolute Gasteiger partial charge is 0.450 e. The van der Waals surface area contributed by atoms with Crippen molar-refractivity contribution in [3.05, 3.63) is 62.9 Å². The normalized spacial score (nSPS) is 10.3. The predicted molar refractivity (Wildman–Crippen MR) is 74.1 cm³/mol. The fourth-order valence-electron chi connectivity index (χ4n) is 1.60. The zero-order chi connectivity index (χ0) is 14.7. The number of nitro groups is 1. The second-order valence-corrected chi connectivity index (χ2v) is 4.53. The van der Waals surface area contributed by atoms with Gasteiger partial charge in [0.1, 0.15) is 11.6 Å². The van der Waals surface area contributed by atoms with Gasteiger partial charge in [-0.25, -0.2) is 4.39 Å². The second-order valence-electron chi connectivity index (χ2n) is 3.82. The van der Waals surface area contributed by atoms with Crippen molar-refractivity contribution in [2.45, 2.75) is 5.88 Å². The molecule has 2 aromatic carbocycles. The molecule has 2 aromatic rings. The number of ether oxygens (including phenoxy) is 1. The minimum atomic E-state index is -0.606. The number of nitro benzene ring substituents is 1. The molecule has 0 aliphatic heterocycles. The summed E-state index contributed by atoms with van der Waals surface area (Å²) in [5.74, 6) is -0.608. The lowest BCUT2D eigenvalue weighted by atomic mass is 10.2. The maximum Gasteiger partial charge on any atom is 0.311 e. The van der Waals surface area contributed by atoms with Gasteiger partial charge in [-0.15, -0.1) is 11.6 Å². The molecule has 0 aromatic heterocycles. The summed E-state index contributed by atoms with van der Waals surface area (Å²) in [5, 5.41) is 11.2. The van der Waals surface area contributed by atoms with E-state index in [1.807, 2.05) is 0 Å². The van der Waals surface area contributed by atoms with Gasteiger partial charge in [-0.2, -0.15) is 0 Å². The Morgan fingerprint density at radius 1 is 1.25 bits per heavy atom. The highest BCUT2D eigenvalue weighted by Gasteiger charge is 2.18. The van der Waals surface area contributed by atoms with Crippen molar-refractivity contribution < 1.29 is 14.1 Å². The van der Waals surface area contributed by atoms with Gasteiger partial charge in [-0.3, -0.25) is 10.1 Å². The van der Waals surface area contributed by atoms with E-state index < -0.39 is 10.7 Å². The third kappa shape index (κ3) is 3.00. The highest BCUT2D eigenvalue weighted by atomic mass is 35.5. The number of halogens is 3. The lowest BCUT2D eigenvalue weighted by molar-refractivity contribution is -0.385. The number of rotatable bonds is 4. The van der Waals surface area contributed by atoms with E-state index in [1.165, 1.54) is 36.4 Å². The smallest absolute Gasteiger partial charge is 0.311 e. The van der Waals surface area contributed by atoms with Crippen LogP contribution in [0.25, 0.3) is 0 Å². The Hall–Kier alpha value is -1.85. The zero-order valence-electron chi connectivity index (χ0n) is 9.98. The minimum Gasteiger partial charge on any atom is -0.450 e. The molecular weight excluding hydrogens is 308 g/mol. The molecule has 4 nitrogen and oxygen atoms in total. The number of alkyl halides is 1.